The van der Waals surface area contributed by atoms with Crippen LogP contribution in [0.5, 0.6) is 17.2 Å². The zero-order valence-electron chi connectivity index (χ0n) is 20.4. The molecule has 0 aromatic heterocycles. The third-order valence-electron chi connectivity index (χ3n) is 6.18. The molecule has 38 heavy (non-hydrogen) atoms. The molecule has 1 unspecified atom stereocenters. The van der Waals surface area contributed by atoms with Crippen molar-refractivity contribution >= 4 is 28.7 Å². The highest BCUT2D eigenvalue weighted by Gasteiger charge is 2.32. The first-order valence-corrected chi connectivity index (χ1v) is 11.9. The third kappa shape index (κ3) is 5.91. The number of rotatable bonds is 7. The molecule has 0 radical (unpaired) electrons. The number of hydrogen-bond donors (Lipinski definition) is 1. The van der Waals surface area contributed by atoms with E-state index >= 15 is 0 Å². The van der Waals surface area contributed by atoms with Crippen molar-refractivity contribution in [3.63, 3.8) is 0 Å². The van der Waals surface area contributed by atoms with E-state index in [1.807, 2.05) is 17.0 Å². The highest BCUT2D eigenvalue weighted by molar-refractivity contribution is 7.80. The molecule has 0 aliphatic carbocycles. The van der Waals surface area contributed by atoms with Gasteiger partial charge in [0.05, 0.1) is 30.7 Å². The van der Waals surface area contributed by atoms with Crippen molar-refractivity contribution in [3.05, 3.63) is 87.5 Å². The van der Waals surface area contributed by atoms with Crippen LogP contribution >= 0.6 is 12.2 Å². The summed E-state index contributed by atoms with van der Waals surface area (Å²) in [4.78, 5) is 12.4. The zero-order chi connectivity index (χ0) is 27.4. The number of hydrogen-bond acceptors (Lipinski definition) is 6. The van der Waals surface area contributed by atoms with E-state index < -0.39 is 22.7 Å². The topological polar surface area (TPSA) is 86.1 Å². The lowest BCUT2D eigenvalue weighted by molar-refractivity contribution is -0.384. The molecule has 1 heterocycles. The van der Waals surface area contributed by atoms with Gasteiger partial charge in [0, 0.05) is 24.4 Å². The van der Waals surface area contributed by atoms with Crippen LogP contribution in [0.25, 0.3) is 0 Å². The van der Waals surface area contributed by atoms with Gasteiger partial charge >= 0.3 is 6.18 Å². The molecular formula is C26H24F3N3O5S. The van der Waals surface area contributed by atoms with Crippen LogP contribution in [0.15, 0.2) is 60.7 Å². The van der Waals surface area contributed by atoms with E-state index in [4.69, 9.17) is 26.4 Å². The molecule has 4 rings (SSSR count). The average Bonchev–Trinajstić information content (AvgIpc) is 2.90. The molecule has 1 atom stereocenters. The van der Waals surface area contributed by atoms with E-state index in [9.17, 15) is 23.3 Å². The summed E-state index contributed by atoms with van der Waals surface area (Å²) in [5.41, 5.74) is 1.49. The molecule has 0 saturated heterocycles. The predicted octanol–water partition coefficient (Wildman–Crippen LogP) is 6.01. The van der Waals surface area contributed by atoms with Crippen LogP contribution in [-0.4, -0.2) is 42.3 Å². The summed E-state index contributed by atoms with van der Waals surface area (Å²) in [6.45, 7) is 0.637. The third-order valence-corrected chi connectivity index (χ3v) is 6.52. The maximum atomic E-state index is 12.9. The van der Waals surface area contributed by atoms with Gasteiger partial charge in [-0.2, -0.15) is 13.2 Å². The summed E-state index contributed by atoms with van der Waals surface area (Å²) in [7, 11) is 3.09. The molecule has 0 bridgehead atoms. The minimum atomic E-state index is -4.43. The van der Waals surface area contributed by atoms with Gasteiger partial charge in [0.25, 0.3) is 5.69 Å². The largest absolute Gasteiger partial charge is 0.493 e. The SMILES string of the molecule is COc1cc2c(cc1OC)C(COc1ccc([N+](=O)[O-])cc1)N(C(=S)Nc1ccc(C(F)(F)F)cc1)CC2. The normalized spacial score (nSPS) is 14.9. The van der Waals surface area contributed by atoms with Crippen molar-refractivity contribution in [2.24, 2.45) is 0 Å². The second-order valence-corrected chi connectivity index (χ2v) is 8.82. The number of thiocarbonyl (C=S) groups is 1. The molecule has 1 N–H and O–H groups in total. The zero-order valence-corrected chi connectivity index (χ0v) is 21.3. The minimum Gasteiger partial charge on any atom is -0.493 e. The van der Waals surface area contributed by atoms with Crippen LogP contribution in [-0.2, 0) is 12.6 Å². The number of nitrogens with zero attached hydrogens (tertiary/aromatic N) is 2. The van der Waals surface area contributed by atoms with E-state index in [0.717, 1.165) is 23.3 Å². The first kappa shape index (κ1) is 27.0. The Labute approximate surface area is 222 Å². The fraction of sp³-hybridized carbons (Fsp3) is 0.269. The van der Waals surface area contributed by atoms with Crippen molar-refractivity contribution in [1.29, 1.82) is 0 Å². The Hall–Kier alpha value is -4.06. The van der Waals surface area contributed by atoms with Crippen LogP contribution in [0.4, 0.5) is 24.5 Å². The number of alkyl halides is 3. The number of fused-ring (bicyclic) bond motifs is 1. The lowest BCUT2D eigenvalue weighted by Crippen LogP contribution is -2.44. The van der Waals surface area contributed by atoms with Crippen LogP contribution in [0, 0.1) is 10.1 Å². The second-order valence-electron chi connectivity index (χ2n) is 8.43. The van der Waals surface area contributed by atoms with Crippen molar-refractivity contribution < 1.29 is 32.3 Å². The van der Waals surface area contributed by atoms with Gasteiger partial charge in [-0.05, 0) is 78.3 Å². The Kier molecular flexibility index (Phi) is 7.91. The number of non-ortho nitro benzene ring substituents is 1. The van der Waals surface area contributed by atoms with Crippen LogP contribution in [0.1, 0.15) is 22.7 Å². The van der Waals surface area contributed by atoms with E-state index in [1.165, 1.54) is 43.5 Å². The van der Waals surface area contributed by atoms with E-state index in [2.05, 4.69) is 5.32 Å². The molecule has 0 spiro atoms. The molecule has 200 valence electrons. The lowest BCUT2D eigenvalue weighted by Gasteiger charge is -2.39. The highest BCUT2D eigenvalue weighted by atomic mass is 32.1. The molecule has 0 saturated carbocycles. The van der Waals surface area contributed by atoms with E-state index in [1.54, 1.807) is 7.11 Å². The fourth-order valence-electron chi connectivity index (χ4n) is 4.23. The van der Waals surface area contributed by atoms with E-state index in [0.29, 0.717) is 41.0 Å². The summed E-state index contributed by atoms with van der Waals surface area (Å²) < 4.78 is 55.8. The number of ether oxygens (including phenoxy) is 3. The van der Waals surface area contributed by atoms with Gasteiger partial charge in [-0.1, -0.05) is 0 Å². The predicted molar refractivity (Wildman–Crippen MR) is 139 cm³/mol. The number of nitro groups is 1. The second kappa shape index (κ2) is 11.1. The lowest BCUT2D eigenvalue weighted by atomic mass is 9.92. The molecule has 8 nitrogen and oxygen atoms in total. The van der Waals surface area contributed by atoms with Crippen molar-refractivity contribution in [2.45, 2.75) is 18.6 Å². The monoisotopic (exact) mass is 547 g/mol. The Morgan fingerprint density at radius 2 is 1.71 bits per heavy atom. The molecule has 0 fully saturated rings. The van der Waals surface area contributed by atoms with Gasteiger partial charge in [-0.25, -0.2) is 0 Å². The molecule has 12 heteroatoms. The van der Waals surface area contributed by atoms with E-state index in [-0.39, 0.29) is 12.3 Å². The van der Waals surface area contributed by atoms with Crippen LogP contribution < -0.4 is 19.5 Å². The Bertz CT molecular complexity index is 1320. The number of halogens is 3. The summed E-state index contributed by atoms with van der Waals surface area (Å²) in [5, 5.41) is 14.3. The van der Waals surface area contributed by atoms with Gasteiger partial charge in [0.15, 0.2) is 16.6 Å². The van der Waals surface area contributed by atoms with Gasteiger partial charge in [-0.15, -0.1) is 0 Å². The summed E-state index contributed by atoms with van der Waals surface area (Å²) in [6, 6.07) is 13.7. The molecular weight excluding hydrogens is 523 g/mol. The standard InChI is InChI=1S/C26H24F3N3O5S/c1-35-23-13-16-11-12-31(25(38)30-18-5-3-17(4-6-18)26(27,28)29)22(21(16)14-24(23)36-2)15-37-20-9-7-19(8-10-20)32(33)34/h3-10,13-14,22H,11-12,15H2,1-2H3,(H,30,38). The Morgan fingerprint density at radius 1 is 1.08 bits per heavy atom. The van der Waals surface area contributed by atoms with Gasteiger partial charge < -0.3 is 24.4 Å². The number of methoxy groups -OCH3 is 2. The van der Waals surface area contributed by atoms with Gasteiger partial charge in [0.2, 0.25) is 0 Å². The fourth-order valence-corrected chi connectivity index (χ4v) is 4.56. The minimum absolute atomic E-state index is 0.0549. The smallest absolute Gasteiger partial charge is 0.416 e. The number of nitro benzene ring substituents is 1. The summed E-state index contributed by atoms with van der Waals surface area (Å²) >= 11 is 5.66. The first-order valence-electron chi connectivity index (χ1n) is 11.5. The molecule has 3 aromatic rings. The van der Waals surface area contributed by atoms with Crippen molar-refractivity contribution in [1.82, 2.24) is 4.90 Å². The van der Waals surface area contributed by atoms with Gasteiger partial charge in [0.1, 0.15) is 12.4 Å². The summed E-state index contributed by atoms with van der Waals surface area (Å²) in [6.07, 6.45) is -3.81. The van der Waals surface area contributed by atoms with Crippen molar-refractivity contribution in [3.8, 4) is 17.2 Å². The molecule has 1 aliphatic rings. The molecule has 3 aromatic carbocycles. The summed E-state index contributed by atoms with van der Waals surface area (Å²) in [5.74, 6) is 1.54. The molecule has 0 amide bonds. The maximum absolute atomic E-state index is 12.9. The number of anilines is 1. The highest BCUT2D eigenvalue weighted by Crippen LogP contribution is 2.39. The average molecular weight is 548 g/mol. The van der Waals surface area contributed by atoms with Gasteiger partial charge in [-0.3, -0.25) is 10.1 Å². The van der Waals surface area contributed by atoms with Crippen LogP contribution in [0.3, 0.4) is 0 Å². The Morgan fingerprint density at radius 3 is 2.29 bits per heavy atom. The number of benzene rings is 3. The van der Waals surface area contributed by atoms with Crippen LogP contribution in [0.2, 0.25) is 0 Å². The molecule has 1 aliphatic heterocycles. The maximum Gasteiger partial charge on any atom is 0.416 e. The quantitative estimate of drug-likeness (QED) is 0.219. The number of nitrogens with one attached hydrogen (secondary N) is 1. The Balaban J connectivity index is 1.60. The van der Waals surface area contributed by atoms with Crippen molar-refractivity contribution in [2.75, 3.05) is 32.7 Å². The first-order chi connectivity index (χ1) is 18.1.